The number of rotatable bonds is 2. The van der Waals surface area contributed by atoms with Crippen molar-refractivity contribution >= 4 is 6.09 Å². The van der Waals surface area contributed by atoms with E-state index in [0.717, 1.165) is 11.8 Å². The molecule has 4 nitrogen and oxygen atoms in total. The number of pyridine rings is 1. The molecule has 0 saturated heterocycles. The van der Waals surface area contributed by atoms with E-state index in [1.165, 1.54) is 12.1 Å². The number of hydrogen-bond acceptors (Lipinski definition) is 3. The molecule has 0 saturated carbocycles. The van der Waals surface area contributed by atoms with Gasteiger partial charge in [0.05, 0.1) is 0 Å². The number of aryl methyl sites for hydroxylation is 1. The van der Waals surface area contributed by atoms with Crippen LogP contribution in [0.1, 0.15) is 5.69 Å². The molecule has 1 amide bonds. The Balaban J connectivity index is 2.42. The lowest BCUT2D eigenvalue weighted by Crippen LogP contribution is -2.16. The second kappa shape index (κ2) is 4.83. The van der Waals surface area contributed by atoms with Gasteiger partial charge in [-0.2, -0.15) is 0 Å². The van der Waals surface area contributed by atoms with Crippen LogP contribution in [-0.2, 0) is 0 Å². The minimum absolute atomic E-state index is 0.0743. The molecular formula is C13H11FN2O2. The highest BCUT2D eigenvalue weighted by atomic mass is 19.1. The maximum Gasteiger partial charge on any atom is 0.409 e. The fraction of sp³-hybridized carbons (Fsp3) is 0.0769. The summed E-state index contributed by atoms with van der Waals surface area (Å²) in [5, 5.41) is 0. The summed E-state index contributed by atoms with van der Waals surface area (Å²) in [6, 6.07) is 7.63. The molecular weight excluding hydrogens is 235 g/mol. The van der Waals surface area contributed by atoms with Crippen LogP contribution < -0.4 is 10.5 Å². The number of benzene rings is 1. The zero-order valence-corrected chi connectivity index (χ0v) is 9.68. The molecule has 1 heterocycles. The molecule has 5 heteroatoms. The molecule has 18 heavy (non-hydrogen) atoms. The number of nitrogens with zero attached hydrogens (tertiary/aromatic N) is 1. The number of nitrogens with two attached hydrogens (primary N) is 1. The number of aromatic nitrogens is 1. The summed E-state index contributed by atoms with van der Waals surface area (Å²) in [4.78, 5) is 14.7. The van der Waals surface area contributed by atoms with Crippen LogP contribution in [0.25, 0.3) is 11.1 Å². The third-order valence-corrected chi connectivity index (χ3v) is 2.46. The molecule has 2 aromatic rings. The molecule has 0 aliphatic heterocycles. The van der Waals surface area contributed by atoms with Crippen molar-refractivity contribution in [3.05, 3.63) is 48.0 Å². The summed E-state index contributed by atoms with van der Waals surface area (Å²) in [7, 11) is 0. The molecule has 1 aromatic heterocycles. The number of carbonyl (C=O) groups is 1. The van der Waals surface area contributed by atoms with Crippen molar-refractivity contribution in [3.8, 4) is 16.9 Å². The van der Waals surface area contributed by atoms with Crippen LogP contribution in [0, 0.1) is 12.7 Å². The maximum atomic E-state index is 13.9. The number of amides is 1. The van der Waals surface area contributed by atoms with Crippen molar-refractivity contribution < 1.29 is 13.9 Å². The van der Waals surface area contributed by atoms with Crippen molar-refractivity contribution in [2.24, 2.45) is 5.73 Å². The number of ether oxygens (including phenoxy) is 1. The van der Waals surface area contributed by atoms with Gasteiger partial charge in [-0.05, 0) is 25.1 Å². The first-order chi connectivity index (χ1) is 8.58. The summed E-state index contributed by atoms with van der Waals surface area (Å²) in [6.07, 6.45) is 0.668. The first-order valence-electron chi connectivity index (χ1n) is 5.27. The standard InChI is InChI=1S/C13H11FN2O2/c1-8-10(3-2-6-16-8)11-5-4-9(7-12(11)14)18-13(15)17/h2-7H,1H3,(H2,15,17). The van der Waals surface area contributed by atoms with E-state index in [1.807, 2.05) is 0 Å². The Kier molecular flexibility index (Phi) is 3.23. The van der Waals surface area contributed by atoms with Gasteiger partial charge in [0.25, 0.3) is 0 Å². The summed E-state index contributed by atoms with van der Waals surface area (Å²) in [5.41, 5.74) is 6.67. The molecule has 0 fully saturated rings. The number of hydrogen-bond donors (Lipinski definition) is 1. The van der Waals surface area contributed by atoms with Gasteiger partial charge in [-0.1, -0.05) is 6.07 Å². The molecule has 0 atom stereocenters. The molecule has 2 N–H and O–H groups in total. The average Bonchev–Trinajstić information content (AvgIpc) is 2.30. The minimum Gasteiger partial charge on any atom is -0.410 e. The Morgan fingerprint density at radius 2 is 2.11 bits per heavy atom. The Morgan fingerprint density at radius 1 is 1.33 bits per heavy atom. The highest BCUT2D eigenvalue weighted by Gasteiger charge is 2.10. The molecule has 92 valence electrons. The Morgan fingerprint density at radius 3 is 2.72 bits per heavy atom. The zero-order valence-electron chi connectivity index (χ0n) is 9.68. The third kappa shape index (κ3) is 2.45. The van der Waals surface area contributed by atoms with Crippen molar-refractivity contribution in [1.29, 1.82) is 0 Å². The Bertz CT molecular complexity index is 599. The van der Waals surface area contributed by atoms with Crippen LogP contribution in [0.3, 0.4) is 0 Å². The van der Waals surface area contributed by atoms with Crippen molar-refractivity contribution in [2.75, 3.05) is 0 Å². The first-order valence-corrected chi connectivity index (χ1v) is 5.27. The van der Waals surface area contributed by atoms with E-state index in [2.05, 4.69) is 9.72 Å². The summed E-state index contributed by atoms with van der Waals surface area (Å²) < 4.78 is 18.5. The van der Waals surface area contributed by atoms with E-state index >= 15 is 0 Å². The maximum absolute atomic E-state index is 13.9. The highest BCUT2D eigenvalue weighted by Crippen LogP contribution is 2.27. The lowest BCUT2D eigenvalue weighted by Gasteiger charge is -2.07. The smallest absolute Gasteiger partial charge is 0.409 e. The van der Waals surface area contributed by atoms with E-state index in [1.54, 1.807) is 25.3 Å². The van der Waals surface area contributed by atoms with Gasteiger partial charge in [0, 0.05) is 29.1 Å². The number of halogens is 1. The van der Waals surface area contributed by atoms with E-state index in [0.29, 0.717) is 11.1 Å². The summed E-state index contributed by atoms with van der Waals surface area (Å²) >= 11 is 0. The molecule has 2 rings (SSSR count). The lowest BCUT2D eigenvalue weighted by atomic mass is 10.0. The predicted octanol–water partition coefficient (Wildman–Crippen LogP) is 2.65. The molecule has 0 aliphatic carbocycles. The van der Waals surface area contributed by atoms with Crippen LogP contribution >= 0.6 is 0 Å². The van der Waals surface area contributed by atoms with Crippen LogP contribution in [0.15, 0.2) is 36.5 Å². The van der Waals surface area contributed by atoms with Crippen molar-refractivity contribution in [3.63, 3.8) is 0 Å². The average molecular weight is 246 g/mol. The molecule has 0 aliphatic rings. The minimum atomic E-state index is -0.972. The second-order valence-corrected chi connectivity index (χ2v) is 3.70. The number of carbonyl (C=O) groups excluding carboxylic acids is 1. The zero-order chi connectivity index (χ0) is 13.1. The van der Waals surface area contributed by atoms with E-state index in [4.69, 9.17) is 5.73 Å². The van der Waals surface area contributed by atoms with Gasteiger partial charge < -0.3 is 10.5 Å². The molecule has 0 bridgehead atoms. The fourth-order valence-corrected chi connectivity index (χ4v) is 1.66. The Labute approximate surface area is 103 Å². The lowest BCUT2D eigenvalue weighted by molar-refractivity contribution is 0.210. The molecule has 0 spiro atoms. The van der Waals surface area contributed by atoms with E-state index in [9.17, 15) is 9.18 Å². The number of primary amides is 1. The summed E-state index contributed by atoms with van der Waals surface area (Å²) in [6.45, 7) is 1.79. The molecule has 0 unspecified atom stereocenters. The quantitative estimate of drug-likeness (QED) is 0.885. The largest absolute Gasteiger partial charge is 0.410 e. The predicted molar refractivity (Wildman–Crippen MR) is 64.6 cm³/mol. The van der Waals surface area contributed by atoms with Crippen LogP contribution in [-0.4, -0.2) is 11.1 Å². The van der Waals surface area contributed by atoms with E-state index in [-0.39, 0.29) is 5.75 Å². The van der Waals surface area contributed by atoms with Gasteiger partial charge in [0.2, 0.25) is 0 Å². The van der Waals surface area contributed by atoms with Crippen LogP contribution in [0.5, 0.6) is 5.75 Å². The van der Waals surface area contributed by atoms with Crippen LogP contribution in [0.2, 0.25) is 0 Å². The normalized spacial score (nSPS) is 10.1. The van der Waals surface area contributed by atoms with Gasteiger partial charge in [-0.25, -0.2) is 9.18 Å². The topological polar surface area (TPSA) is 65.2 Å². The van der Waals surface area contributed by atoms with Gasteiger partial charge >= 0.3 is 6.09 Å². The van der Waals surface area contributed by atoms with Gasteiger partial charge in [-0.3, -0.25) is 4.98 Å². The fourth-order valence-electron chi connectivity index (χ4n) is 1.66. The molecule has 1 aromatic carbocycles. The van der Waals surface area contributed by atoms with Crippen molar-refractivity contribution in [2.45, 2.75) is 6.92 Å². The van der Waals surface area contributed by atoms with Gasteiger partial charge in [0.15, 0.2) is 0 Å². The van der Waals surface area contributed by atoms with E-state index < -0.39 is 11.9 Å². The first kappa shape index (κ1) is 12.0. The Hall–Kier alpha value is -2.43. The van der Waals surface area contributed by atoms with Crippen molar-refractivity contribution in [1.82, 2.24) is 4.98 Å². The monoisotopic (exact) mass is 246 g/mol. The highest BCUT2D eigenvalue weighted by molar-refractivity contribution is 5.70. The van der Waals surface area contributed by atoms with Gasteiger partial charge in [-0.15, -0.1) is 0 Å². The second-order valence-electron chi connectivity index (χ2n) is 3.70. The SMILES string of the molecule is Cc1ncccc1-c1ccc(OC(N)=O)cc1F. The molecule has 0 radical (unpaired) electrons. The summed E-state index contributed by atoms with van der Waals surface area (Å²) in [5.74, 6) is -0.421. The van der Waals surface area contributed by atoms with Gasteiger partial charge in [0.1, 0.15) is 11.6 Å². The van der Waals surface area contributed by atoms with Crippen LogP contribution in [0.4, 0.5) is 9.18 Å². The third-order valence-electron chi connectivity index (χ3n) is 2.46.